The third-order valence-corrected chi connectivity index (χ3v) is 9.78. The monoisotopic (exact) mass is 676 g/mol. The van der Waals surface area contributed by atoms with Gasteiger partial charge in [-0.2, -0.15) is 9.55 Å². The van der Waals surface area contributed by atoms with E-state index in [1.54, 1.807) is 76.2 Å². The van der Waals surface area contributed by atoms with Gasteiger partial charge in [0.05, 0.1) is 21.7 Å². The number of halogens is 2. The van der Waals surface area contributed by atoms with E-state index in [1.165, 1.54) is 6.20 Å². The number of benzene rings is 2. The van der Waals surface area contributed by atoms with Crippen molar-refractivity contribution >= 4 is 48.5 Å². The van der Waals surface area contributed by atoms with E-state index in [0.29, 0.717) is 0 Å². The van der Waals surface area contributed by atoms with Crippen molar-refractivity contribution in [2.24, 2.45) is 5.92 Å². The van der Waals surface area contributed by atoms with Gasteiger partial charge in [0.1, 0.15) is 11.8 Å². The van der Waals surface area contributed by atoms with Crippen molar-refractivity contribution in [3.8, 4) is 5.75 Å². The van der Waals surface area contributed by atoms with E-state index >= 15 is 0 Å². The number of hydrogen-bond acceptors (Lipinski definition) is 7. The fraction of sp³-hybridized carbons (Fsp3) is 0.438. The molecule has 1 fully saturated rings. The molecule has 1 amide bonds. The summed E-state index contributed by atoms with van der Waals surface area (Å²) in [5.74, 6) is -1.72. The van der Waals surface area contributed by atoms with Gasteiger partial charge in [0.15, 0.2) is 11.5 Å². The van der Waals surface area contributed by atoms with Gasteiger partial charge in [-0.1, -0.05) is 80.6 Å². The molecule has 1 unspecified atom stereocenters. The van der Waals surface area contributed by atoms with Crippen LogP contribution in [-0.4, -0.2) is 45.4 Å². The van der Waals surface area contributed by atoms with Crippen LogP contribution >= 0.6 is 30.9 Å². The van der Waals surface area contributed by atoms with Crippen molar-refractivity contribution in [3.05, 3.63) is 81.6 Å². The topological polar surface area (TPSA) is 129 Å². The van der Waals surface area contributed by atoms with Crippen molar-refractivity contribution in [3.63, 3.8) is 0 Å². The number of para-hydroxylation sites is 1. The normalized spacial score (nSPS) is 15.8. The molecule has 0 bridgehead atoms. The van der Waals surface area contributed by atoms with Crippen molar-refractivity contribution in [1.29, 1.82) is 0 Å². The Morgan fingerprint density at radius 2 is 1.62 bits per heavy atom. The Hall–Kier alpha value is -3.17. The van der Waals surface area contributed by atoms with Gasteiger partial charge < -0.3 is 14.6 Å². The number of Topliss-reactive ketones (excluding diaryl/α,β-unsaturated/α-hetero) is 1. The van der Waals surface area contributed by atoms with Crippen LogP contribution in [0.4, 0.5) is 0 Å². The summed E-state index contributed by atoms with van der Waals surface area (Å²) in [7, 11) is -4.31. The first-order valence-corrected chi connectivity index (χ1v) is 17.4. The molecule has 45 heavy (non-hydrogen) atoms. The van der Waals surface area contributed by atoms with Crippen LogP contribution in [0.15, 0.2) is 54.7 Å². The van der Waals surface area contributed by atoms with Gasteiger partial charge in [-0.05, 0) is 56.9 Å². The Morgan fingerprint density at radius 1 is 0.978 bits per heavy atom. The summed E-state index contributed by atoms with van der Waals surface area (Å²) in [5.41, 5.74) is 0.195. The number of aromatic nitrogens is 2. The van der Waals surface area contributed by atoms with Crippen LogP contribution in [0, 0.1) is 5.92 Å². The highest BCUT2D eigenvalue weighted by molar-refractivity contribution is 7.55. The Morgan fingerprint density at radius 3 is 2.22 bits per heavy atom. The molecule has 3 aromatic rings. The maximum absolute atomic E-state index is 14.8. The molecule has 1 heterocycles. The zero-order valence-electron chi connectivity index (χ0n) is 25.8. The predicted octanol–water partition coefficient (Wildman–Crippen LogP) is 7.28. The highest BCUT2D eigenvalue weighted by atomic mass is 35.5. The average molecular weight is 678 g/mol. The van der Waals surface area contributed by atoms with E-state index < -0.39 is 37.5 Å². The van der Waals surface area contributed by atoms with Crippen LogP contribution in [0.1, 0.15) is 86.2 Å². The van der Waals surface area contributed by atoms with Gasteiger partial charge in [0.2, 0.25) is 0 Å². The Kier molecular flexibility index (Phi) is 11.9. The van der Waals surface area contributed by atoms with E-state index in [2.05, 4.69) is 15.5 Å². The number of carbonyl (C=O) groups is 3. The van der Waals surface area contributed by atoms with Crippen LogP contribution in [0.3, 0.4) is 0 Å². The Labute approximate surface area is 273 Å². The standard InChI is InChI=1S/C32H39Cl2N4O6P/c1-20(2)29(32(41)43-21(3)4)37-45(42,44-24-14-9-6-10-15-24)38-19-22(18-27(39)28-25(33)16-11-17-26(28)34)30(36-38)31(40)35-23-12-7-5-8-13-23/h6,9-11,14-17,19-21,23,29H,5,7-8,12-13,18H2,1-4H3,(H,35,40)(H,37,42)/t29-,45?/m0/s1. The van der Waals surface area contributed by atoms with Crippen LogP contribution < -0.4 is 14.9 Å². The van der Waals surface area contributed by atoms with E-state index in [1.807, 2.05) is 0 Å². The van der Waals surface area contributed by atoms with Crippen LogP contribution in [-0.2, 0) is 20.5 Å². The summed E-state index contributed by atoms with van der Waals surface area (Å²) in [4.78, 5) is 40.3. The second-order valence-corrected chi connectivity index (χ2v) is 14.4. The number of nitrogens with one attached hydrogen (secondary N) is 2. The molecule has 2 atom stereocenters. The van der Waals surface area contributed by atoms with E-state index in [-0.39, 0.29) is 51.0 Å². The zero-order chi connectivity index (χ0) is 32.7. The molecular weight excluding hydrogens is 638 g/mol. The molecule has 1 aromatic heterocycles. The molecule has 10 nitrogen and oxygen atoms in total. The minimum absolute atomic E-state index is 0.0559. The third kappa shape index (κ3) is 8.97. The Balaban J connectivity index is 1.79. The van der Waals surface area contributed by atoms with Crippen molar-refractivity contribution < 1.29 is 28.2 Å². The summed E-state index contributed by atoms with van der Waals surface area (Å²) >= 11 is 12.6. The highest BCUT2D eigenvalue weighted by Crippen LogP contribution is 2.46. The summed E-state index contributed by atoms with van der Waals surface area (Å²) in [6.45, 7) is 6.98. The van der Waals surface area contributed by atoms with Crippen molar-refractivity contribution in [2.45, 2.75) is 84.4 Å². The SMILES string of the molecule is CC(C)OC(=O)[C@@H](NP(=O)(Oc1ccccc1)n1cc(CC(=O)c2c(Cl)cccc2Cl)c(C(=O)NC2CCCCC2)n1)C(C)C. The van der Waals surface area contributed by atoms with Crippen molar-refractivity contribution in [1.82, 2.24) is 20.0 Å². The summed E-state index contributed by atoms with van der Waals surface area (Å²) in [6.07, 6.45) is 5.32. The van der Waals surface area contributed by atoms with E-state index in [0.717, 1.165) is 36.6 Å². The summed E-state index contributed by atoms with van der Waals surface area (Å²) < 4.78 is 27.3. The van der Waals surface area contributed by atoms with Crippen LogP contribution in [0.5, 0.6) is 5.75 Å². The number of ether oxygens (including phenoxy) is 1. The van der Waals surface area contributed by atoms with Gasteiger partial charge in [0.25, 0.3) is 5.91 Å². The second-order valence-electron chi connectivity index (χ2n) is 11.7. The number of carbonyl (C=O) groups excluding carboxylic acids is 3. The lowest BCUT2D eigenvalue weighted by atomic mass is 9.95. The molecule has 0 spiro atoms. The van der Waals surface area contributed by atoms with E-state index in [4.69, 9.17) is 32.5 Å². The first-order chi connectivity index (χ1) is 21.4. The number of hydrogen-bond donors (Lipinski definition) is 2. The van der Waals surface area contributed by atoms with Crippen LogP contribution in [0.2, 0.25) is 10.0 Å². The van der Waals surface area contributed by atoms with Gasteiger partial charge in [0, 0.05) is 24.2 Å². The minimum Gasteiger partial charge on any atom is -0.462 e. The van der Waals surface area contributed by atoms with Crippen molar-refractivity contribution in [2.75, 3.05) is 0 Å². The lowest BCUT2D eigenvalue weighted by Crippen LogP contribution is -2.43. The first-order valence-electron chi connectivity index (χ1n) is 15.1. The van der Waals surface area contributed by atoms with Gasteiger partial charge in [-0.15, -0.1) is 0 Å². The summed E-state index contributed by atoms with van der Waals surface area (Å²) in [6, 6.07) is 12.0. The molecule has 2 aromatic carbocycles. The fourth-order valence-corrected chi connectivity index (χ4v) is 7.61. The number of nitrogens with zero attached hydrogens (tertiary/aromatic N) is 2. The number of ketones is 1. The molecule has 2 N–H and O–H groups in total. The van der Waals surface area contributed by atoms with E-state index in [9.17, 15) is 18.9 Å². The highest BCUT2D eigenvalue weighted by Gasteiger charge is 2.39. The first kappa shape index (κ1) is 34.7. The molecule has 1 aliphatic carbocycles. The zero-order valence-corrected chi connectivity index (χ0v) is 28.2. The molecule has 13 heteroatoms. The second kappa shape index (κ2) is 15.4. The number of rotatable bonds is 13. The van der Waals surface area contributed by atoms with Gasteiger partial charge in [-0.3, -0.25) is 14.4 Å². The fourth-order valence-electron chi connectivity index (χ4n) is 5.08. The Bertz CT molecular complexity index is 1540. The van der Waals surface area contributed by atoms with Crippen LogP contribution in [0.25, 0.3) is 0 Å². The average Bonchev–Trinajstić information content (AvgIpc) is 3.41. The smallest absolute Gasteiger partial charge is 0.440 e. The molecule has 1 aliphatic rings. The molecule has 1 saturated carbocycles. The quantitative estimate of drug-likeness (QED) is 0.110. The number of esters is 1. The maximum Gasteiger partial charge on any atom is 0.440 e. The largest absolute Gasteiger partial charge is 0.462 e. The lowest BCUT2D eigenvalue weighted by molar-refractivity contribution is -0.150. The molecule has 0 saturated heterocycles. The molecule has 4 rings (SSSR count). The van der Waals surface area contributed by atoms with Gasteiger partial charge >= 0.3 is 13.6 Å². The van der Waals surface area contributed by atoms with Gasteiger partial charge in [-0.25, -0.2) is 9.65 Å². The molecular formula is C32H39Cl2N4O6P. The summed E-state index contributed by atoms with van der Waals surface area (Å²) in [5, 5.41) is 10.7. The lowest BCUT2D eigenvalue weighted by Gasteiger charge is -2.27. The molecule has 0 radical (unpaired) electrons. The molecule has 242 valence electrons. The molecule has 0 aliphatic heterocycles. The number of amides is 1. The maximum atomic E-state index is 14.8. The minimum atomic E-state index is -4.31. The predicted molar refractivity (Wildman–Crippen MR) is 174 cm³/mol. The third-order valence-electron chi connectivity index (χ3n) is 7.34.